The lowest BCUT2D eigenvalue weighted by Crippen LogP contribution is -2.47. The Morgan fingerprint density at radius 2 is 1.68 bits per heavy atom. The molecule has 2 aromatic carbocycles. The molecule has 40 heavy (non-hydrogen) atoms. The first-order chi connectivity index (χ1) is 19.5. The number of hydrogen-bond acceptors (Lipinski definition) is 7. The zero-order valence-electron chi connectivity index (χ0n) is 23.2. The number of allylic oxidation sites excluding steroid dienone is 2. The Hall–Kier alpha value is -4.18. The van der Waals surface area contributed by atoms with Crippen molar-refractivity contribution in [1.82, 2.24) is 20.4 Å². The zero-order chi connectivity index (χ0) is 28.5. The summed E-state index contributed by atoms with van der Waals surface area (Å²) in [6.45, 7) is 9.25. The van der Waals surface area contributed by atoms with E-state index in [4.69, 9.17) is 0 Å². The number of para-hydroxylation sites is 1. The summed E-state index contributed by atoms with van der Waals surface area (Å²) in [5, 5.41) is 17.6. The van der Waals surface area contributed by atoms with Gasteiger partial charge in [-0.1, -0.05) is 44.2 Å². The molecule has 2 amide bonds. The van der Waals surface area contributed by atoms with Gasteiger partial charge in [0.1, 0.15) is 0 Å². The lowest BCUT2D eigenvalue weighted by atomic mass is 9.85. The highest BCUT2D eigenvalue weighted by atomic mass is 16.6. The van der Waals surface area contributed by atoms with Crippen LogP contribution >= 0.6 is 0 Å². The van der Waals surface area contributed by atoms with Gasteiger partial charge in [-0.15, -0.1) is 0 Å². The van der Waals surface area contributed by atoms with Gasteiger partial charge in [-0.05, 0) is 43.5 Å². The molecule has 2 N–H and O–H groups in total. The molecular weight excluding hydrogens is 508 g/mol. The Bertz CT molecular complexity index is 1240. The van der Waals surface area contributed by atoms with E-state index in [2.05, 4.69) is 44.7 Å². The predicted octanol–water partition coefficient (Wildman–Crippen LogP) is 3.94. The lowest BCUT2D eigenvalue weighted by molar-refractivity contribution is -0.384. The second kappa shape index (κ2) is 13.7. The number of piperazine rings is 1. The molecule has 2 aliphatic rings. The molecule has 2 heterocycles. The summed E-state index contributed by atoms with van der Waals surface area (Å²) in [5.74, 6) is -0.447. The van der Waals surface area contributed by atoms with Gasteiger partial charge in [-0.25, -0.2) is 0 Å². The maximum absolute atomic E-state index is 12.5. The molecular formula is C30H38N6O4. The molecule has 0 bridgehead atoms. The number of nitrogens with zero attached hydrogens (tertiary/aromatic N) is 4. The molecule has 1 saturated heterocycles. The summed E-state index contributed by atoms with van der Waals surface area (Å²) >= 11 is 0. The van der Waals surface area contributed by atoms with Crippen LogP contribution in [0.25, 0.3) is 0 Å². The minimum absolute atomic E-state index is 0.0110. The Balaban J connectivity index is 1.51. The molecule has 10 nitrogen and oxygen atoms in total. The predicted molar refractivity (Wildman–Crippen MR) is 155 cm³/mol. The zero-order valence-corrected chi connectivity index (χ0v) is 23.2. The smallest absolute Gasteiger partial charge is 0.269 e. The van der Waals surface area contributed by atoms with Crippen molar-refractivity contribution in [3.05, 3.63) is 93.1 Å². The summed E-state index contributed by atoms with van der Waals surface area (Å²) in [6, 6.07) is 16.8. The number of amides is 2. The SMILES string of the molecule is CCC1=C(NC=O)C(c2ccc([N+](=O)[O-])cc2)C(N(C=O)CCCN2CCN(c3ccccc3)CC2)=C(CC)N1. The second-order valence-electron chi connectivity index (χ2n) is 9.95. The van der Waals surface area contributed by atoms with E-state index in [0.717, 1.165) is 68.2 Å². The van der Waals surface area contributed by atoms with E-state index in [-0.39, 0.29) is 5.69 Å². The highest BCUT2D eigenvalue weighted by molar-refractivity contribution is 5.60. The highest BCUT2D eigenvalue weighted by Crippen LogP contribution is 2.40. The van der Waals surface area contributed by atoms with E-state index < -0.39 is 10.8 Å². The van der Waals surface area contributed by atoms with E-state index in [1.54, 1.807) is 17.0 Å². The van der Waals surface area contributed by atoms with Crippen LogP contribution in [-0.2, 0) is 9.59 Å². The summed E-state index contributed by atoms with van der Waals surface area (Å²) in [7, 11) is 0. The van der Waals surface area contributed by atoms with Crippen LogP contribution < -0.4 is 15.5 Å². The summed E-state index contributed by atoms with van der Waals surface area (Å²) in [6.07, 6.45) is 3.58. The number of nitro benzene ring substituents is 1. The van der Waals surface area contributed by atoms with Gasteiger partial charge in [-0.3, -0.25) is 24.6 Å². The quantitative estimate of drug-likeness (QED) is 0.222. The molecule has 1 fully saturated rings. The van der Waals surface area contributed by atoms with Crippen molar-refractivity contribution in [2.45, 2.75) is 39.0 Å². The van der Waals surface area contributed by atoms with Crippen LogP contribution in [0, 0.1) is 10.1 Å². The van der Waals surface area contributed by atoms with Crippen LogP contribution in [0.15, 0.2) is 77.4 Å². The van der Waals surface area contributed by atoms with E-state index in [0.29, 0.717) is 31.5 Å². The third-order valence-corrected chi connectivity index (χ3v) is 7.66. The van der Waals surface area contributed by atoms with Gasteiger partial charge in [0.2, 0.25) is 12.8 Å². The maximum Gasteiger partial charge on any atom is 0.269 e. The van der Waals surface area contributed by atoms with Gasteiger partial charge in [0.15, 0.2) is 0 Å². The van der Waals surface area contributed by atoms with Gasteiger partial charge in [0.25, 0.3) is 5.69 Å². The fraction of sp³-hybridized carbons (Fsp3) is 0.400. The van der Waals surface area contributed by atoms with Gasteiger partial charge in [0.05, 0.1) is 22.2 Å². The first-order valence-corrected chi connectivity index (χ1v) is 13.9. The van der Waals surface area contributed by atoms with E-state index in [9.17, 15) is 19.7 Å². The van der Waals surface area contributed by atoms with Gasteiger partial charge < -0.3 is 20.4 Å². The number of carbonyl (C=O) groups excluding carboxylic acids is 2. The van der Waals surface area contributed by atoms with Crippen molar-refractivity contribution in [2.24, 2.45) is 0 Å². The molecule has 0 saturated carbocycles. The number of anilines is 1. The number of non-ortho nitro benzene ring substituents is 1. The molecule has 2 aliphatic heterocycles. The third-order valence-electron chi connectivity index (χ3n) is 7.66. The minimum Gasteiger partial charge on any atom is -0.369 e. The standard InChI is InChI=1S/C30H38N6O4/c1-3-26-29(31-21-37)28(23-11-13-25(14-12-23)36(39)40)30(27(4-2)32-26)35(22-38)16-8-15-33-17-19-34(20-18-33)24-9-6-5-7-10-24/h5-7,9-14,21-22,28,32H,3-4,8,15-20H2,1-2H3,(H,31,37). The Kier molecular flexibility index (Phi) is 9.91. The summed E-state index contributed by atoms with van der Waals surface area (Å²) < 4.78 is 0. The first-order valence-electron chi connectivity index (χ1n) is 13.9. The average Bonchev–Trinajstić information content (AvgIpc) is 3.00. The van der Waals surface area contributed by atoms with Crippen LogP contribution in [-0.4, -0.2) is 66.8 Å². The van der Waals surface area contributed by atoms with Crippen LogP contribution in [0.4, 0.5) is 11.4 Å². The Morgan fingerprint density at radius 1 is 1.00 bits per heavy atom. The van der Waals surface area contributed by atoms with E-state index >= 15 is 0 Å². The molecule has 1 unspecified atom stereocenters. The third kappa shape index (κ3) is 6.51. The lowest BCUT2D eigenvalue weighted by Gasteiger charge is -2.38. The molecule has 212 valence electrons. The van der Waals surface area contributed by atoms with Crippen LogP contribution in [0.3, 0.4) is 0 Å². The number of carbonyl (C=O) groups is 2. The van der Waals surface area contributed by atoms with Gasteiger partial charge >= 0.3 is 0 Å². The number of nitrogens with one attached hydrogen (secondary N) is 2. The molecule has 1 atom stereocenters. The Labute approximate surface area is 235 Å². The molecule has 10 heteroatoms. The number of nitro groups is 1. The van der Waals surface area contributed by atoms with Crippen molar-refractivity contribution in [3.63, 3.8) is 0 Å². The number of hydrogen-bond donors (Lipinski definition) is 2. The van der Waals surface area contributed by atoms with E-state index in [1.807, 2.05) is 19.9 Å². The Morgan fingerprint density at radius 3 is 2.25 bits per heavy atom. The normalized spacial score (nSPS) is 17.9. The van der Waals surface area contributed by atoms with Crippen molar-refractivity contribution in [3.8, 4) is 0 Å². The molecule has 4 rings (SSSR count). The van der Waals surface area contributed by atoms with Gasteiger partial charge in [0, 0.05) is 61.9 Å². The fourth-order valence-electron chi connectivity index (χ4n) is 5.60. The van der Waals surface area contributed by atoms with E-state index in [1.165, 1.54) is 17.8 Å². The monoisotopic (exact) mass is 546 g/mol. The van der Waals surface area contributed by atoms with Crippen molar-refractivity contribution in [1.29, 1.82) is 0 Å². The second-order valence-corrected chi connectivity index (χ2v) is 9.95. The maximum atomic E-state index is 12.5. The number of benzene rings is 2. The molecule has 0 spiro atoms. The highest BCUT2D eigenvalue weighted by Gasteiger charge is 2.34. The van der Waals surface area contributed by atoms with Crippen molar-refractivity contribution < 1.29 is 14.5 Å². The minimum atomic E-state index is -0.447. The fourth-order valence-corrected chi connectivity index (χ4v) is 5.60. The van der Waals surface area contributed by atoms with Crippen LogP contribution in [0.5, 0.6) is 0 Å². The average molecular weight is 547 g/mol. The van der Waals surface area contributed by atoms with Crippen LogP contribution in [0.2, 0.25) is 0 Å². The number of dihydropyridines is 1. The summed E-state index contributed by atoms with van der Waals surface area (Å²) in [4.78, 5) is 41.6. The largest absolute Gasteiger partial charge is 0.369 e. The first kappa shape index (κ1) is 28.8. The van der Waals surface area contributed by atoms with Crippen molar-refractivity contribution >= 4 is 24.2 Å². The summed E-state index contributed by atoms with van der Waals surface area (Å²) in [5.41, 5.74) is 5.19. The molecule has 0 aromatic heterocycles. The molecule has 0 radical (unpaired) electrons. The molecule has 2 aromatic rings. The number of rotatable bonds is 13. The van der Waals surface area contributed by atoms with Crippen LogP contribution in [0.1, 0.15) is 44.6 Å². The topological polar surface area (TPSA) is 111 Å². The van der Waals surface area contributed by atoms with Crippen molar-refractivity contribution in [2.75, 3.05) is 44.2 Å². The molecule has 0 aliphatic carbocycles. The van der Waals surface area contributed by atoms with Gasteiger partial charge in [-0.2, -0.15) is 0 Å².